The summed E-state index contributed by atoms with van der Waals surface area (Å²) in [4.78, 5) is 12.0. The Labute approximate surface area is 113 Å². The van der Waals surface area contributed by atoms with Gasteiger partial charge in [0.2, 0.25) is 0 Å². The zero-order chi connectivity index (χ0) is 14.3. The summed E-state index contributed by atoms with van der Waals surface area (Å²) in [6.07, 6.45) is 0.778. The number of rotatable bonds is 7. The third kappa shape index (κ3) is 4.52. The fraction of sp³-hybridized carbons (Fsp3) is 0.500. The second-order valence-electron chi connectivity index (χ2n) is 4.35. The van der Waals surface area contributed by atoms with Crippen molar-refractivity contribution in [3.63, 3.8) is 0 Å². The van der Waals surface area contributed by atoms with Crippen LogP contribution in [0.25, 0.3) is 0 Å². The van der Waals surface area contributed by atoms with Crippen LogP contribution < -0.4 is 10.6 Å². The number of carbonyl (C=O) groups excluding carboxylic acids is 1. The largest absolute Gasteiger partial charge is 0.382 e. The first-order valence-corrected chi connectivity index (χ1v) is 6.43. The monoisotopic (exact) mass is 268 g/mol. The van der Waals surface area contributed by atoms with Gasteiger partial charge in [-0.15, -0.1) is 0 Å². The van der Waals surface area contributed by atoms with Gasteiger partial charge < -0.3 is 15.4 Å². The number of hydrogen-bond donors (Lipinski definition) is 2. The number of anilines is 1. The number of methoxy groups -OCH3 is 1. The smallest absolute Gasteiger partial charge is 0.253 e. The minimum Gasteiger partial charge on any atom is -0.382 e. The van der Waals surface area contributed by atoms with Crippen LogP contribution in [-0.2, 0) is 4.74 Å². The number of benzene rings is 1. The first-order chi connectivity index (χ1) is 9.10. The van der Waals surface area contributed by atoms with Gasteiger partial charge in [-0.2, -0.15) is 0 Å². The predicted octanol–water partition coefficient (Wildman–Crippen LogP) is 2.41. The Balaban J connectivity index is 2.80. The number of para-hydroxylation sites is 1. The van der Waals surface area contributed by atoms with Crippen LogP contribution in [0.15, 0.2) is 18.2 Å². The van der Waals surface area contributed by atoms with Gasteiger partial charge >= 0.3 is 0 Å². The standard InChI is InChI=1S/C14H21FN2O2/c1-4-8-16-13-11(6-5-7-12(13)15)14(18)17-9-10(2)19-3/h5-7,10,16H,4,8-9H2,1-3H3,(H,17,18). The molecule has 1 aromatic rings. The Bertz CT molecular complexity index is 424. The molecule has 1 atom stereocenters. The molecule has 0 heterocycles. The van der Waals surface area contributed by atoms with E-state index in [1.54, 1.807) is 13.2 Å². The van der Waals surface area contributed by atoms with Gasteiger partial charge in [0.15, 0.2) is 0 Å². The third-order valence-corrected chi connectivity index (χ3v) is 2.76. The average Bonchev–Trinajstić information content (AvgIpc) is 2.42. The van der Waals surface area contributed by atoms with Crippen molar-refractivity contribution >= 4 is 11.6 Å². The number of hydrogen-bond acceptors (Lipinski definition) is 3. The summed E-state index contributed by atoms with van der Waals surface area (Å²) < 4.78 is 18.8. The molecule has 1 amide bonds. The number of carbonyl (C=O) groups is 1. The van der Waals surface area contributed by atoms with Crippen LogP contribution in [0.2, 0.25) is 0 Å². The Morgan fingerprint density at radius 2 is 2.21 bits per heavy atom. The highest BCUT2D eigenvalue weighted by atomic mass is 19.1. The second-order valence-corrected chi connectivity index (χ2v) is 4.35. The van der Waals surface area contributed by atoms with Crippen molar-refractivity contribution in [3.05, 3.63) is 29.6 Å². The molecule has 0 spiro atoms. The van der Waals surface area contributed by atoms with E-state index in [2.05, 4.69) is 10.6 Å². The van der Waals surface area contributed by atoms with Crippen molar-refractivity contribution in [1.29, 1.82) is 0 Å². The Morgan fingerprint density at radius 1 is 1.47 bits per heavy atom. The lowest BCUT2D eigenvalue weighted by molar-refractivity contribution is 0.0871. The molecule has 19 heavy (non-hydrogen) atoms. The molecule has 0 saturated carbocycles. The van der Waals surface area contributed by atoms with Crippen LogP contribution in [0, 0.1) is 5.82 Å². The van der Waals surface area contributed by atoms with Gasteiger partial charge in [0.05, 0.1) is 17.4 Å². The minimum atomic E-state index is -0.416. The molecule has 1 rings (SSSR count). The maximum Gasteiger partial charge on any atom is 0.253 e. The van der Waals surface area contributed by atoms with Crippen molar-refractivity contribution in [3.8, 4) is 0 Å². The van der Waals surface area contributed by atoms with Crippen molar-refractivity contribution in [1.82, 2.24) is 5.32 Å². The van der Waals surface area contributed by atoms with E-state index in [-0.39, 0.29) is 17.7 Å². The minimum absolute atomic E-state index is 0.0791. The van der Waals surface area contributed by atoms with E-state index in [0.29, 0.717) is 18.7 Å². The van der Waals surface area contributed by atoms with Gasteiger partial charge in [0.25, 0.3) is 5.91 Å². The number of halogens is 1. The molecule has 2 N–H and O–H groups in total. The third-order valence-electron chi connectivity index (χ3n) is 2.76. The topological polar surface area (TPSA) is 50.4 Å². The van der Waals surface area contributed by atoms with E-state index >= 15 is 0 Å². The summed E-state index contributed by atoms with van der Waals surface area (Å²) in [6, 6.07) is 4.47. The molecule has 0 bridgehead atoms. The van der Waals surface area contributed by atoms with Crippen LogP contribution in [0.1, 0.15) is 30.6 Å². The first kappa shape index (κ1) is 15.4. The fourth-order valence-corrected chi connectivity index (χ4v) is 1.56. The molecule has 0 aromatic heterocycles. The van der Waals surface area contributed by atoms with Crippen molar-refractivity contribution in [2.75, 3.05) is 25.5 Å². The zero-order valence-corrected chi connectivity index (χ0v) is 11.6. The molecule has 106 valence electrons. The van der Waals surface area contributed by atoms with Gasteiger partial charge in [-0.1, -0.05) is 13.0 Å². The Morgan fingerprint density at radius 3 is 2.84 bits per heavy atom. The highest BCUT2D eigenvalue weighted by Crippen LogP contribution is 2.19. The van der Waals surface area contributed by atoms with Crippen LogP contribution in [0.4, 0.5) is 10.1 Å². The lowest BCUT2D eigenvalue weighted by Crippen LogP contribution is -2.32. The predicted molar refractivity (Wildman–Crippen MR) is 74.0 cm³/mol. The van der Waals surface area contributed by atoms with E-state index in [1.165, 1.54) is 12.1 Å². The van der Waals surface area contributed by atoms with Gasteiger partial charge in [-0.25, -0.2) is 4.39 Å². The zero-order valence-electron chi connectivity index (χ0n) is 11.6. The SMILES string of the molecule is CCCNc1c(F)cccc1C(=O)NCC(C)OC. The van der Waals surface area contributed by atoms with E-state index < -0.39 is 5.82 Å². The summed E-state index contributed by atoms with van der Waals surface area (Å²) in [6.45, 7) is 4.84. The molecule has 0 fully saturated rings. The van der Waals surface area contributed by atoms with Gasteiger partial charge in [-0.3, -0.25) is 4.79 Å². The summed E-state index contributed by atoms with van der Waals surface area (Å²) in [5, 5.41) is 5.67. The molecule has 0 radical (unpaired) electrons. The van der Waals surface area contributed by atoms with Gasteiger partial charge in [0.1, 0.15) is 5.82 Å². The summed E-state index contributed by atoms with van der Waals surface area (Å²) in [5.74, 6) is -0.720. The van der Waals surface area contributed by atoms with Crippen LogP contribution in [0.3, 0.4) is 0 Å². The first-order valence-electron chi connectivity index (χ1n) is 6.43. The van der Waals surface area contributed by atoms with Gasteiger partial charge in [-0.05, 0) is 25.5 Å². The van der Waals surface area contributed by atoms with E-state index in [1.807, 2.05) is 13.8 Å². The van der Waals surface area contributed by atoms with Crippen LogP contribution in [0.5, 0.6) is 0 Å². The highest BCUT2D eigenvalue weighted by molar-refractivity contribution is 5.99. The summed E-state index contributed by atoms with van der Waals surface area (Å²) in [5.41, 5.74) is 0.573. The molecule has 4 nitrogen and oxygen atoms in total. The Hall–Kier alpha value is -1.62. The lowest BCUT2D eigenvalue weighted by atomic mass is 10.1. The fourth-order valence-electron chi connectivity index (χ4n) is 1.56. The second kappa shape index (κ2) is 7.74. The molecule has 1 unspecified atom stereocenters. The van der Waals surface area contributed by atoms with E-state index in [0.717, 1.165) is 6.42 Å². The van der Waals surface area contributed by atoms with Crippen LogP contribution in [-0.4, -0.2) is 32.2 Å². The quantitative estimate of drug-likeness (QED) is 0.798. The molecule has 1 aromatic carbocycles. The lowest BCUT2D eigenvalue weighted by Gasteiger charge is -2.14. The maximum absolute atomic E-state index is 13.7. The molecule has 0 aliphatic heterocycles. The maximum atomic E-state index is 13.7. The Kier molecular flexibility index (Phi) is 6.29. The molecule has 0 aliphatic carbocycles. The molecular weight excluding hydrogens is 247 g/mol. The summed E-state index contributed by atoms with van der Waals surface area (Å²) >= 11 is 0. The van der Waals surface area contributed by atoms with Crippen molar-refractivity contribution in [2.24, 2.45) is 0 Å². The van der Waals surface area contributed by atoms with Crippen molar-refractivity contribution in [2.45, 2.75) is 26.4 Å². The van der Waals surface area contributed by atoms with E-state index in [9.17, 15) is 9.18 Å². The number of nitrogens with one attached hydrogen (secondary N) is 2. The van der Waals surface area contributed by atoms with Crippen molar-refractivity contribution < 1.29 is 13.9 Å². The molecule has 5 heteroatoms. The van der Waals surface area contributed by atoms with E-state index in [4.69, 9.17) is 4.74 Å². The number of ether oxygens (including phenoxy) is 1. The molecular formula is C14H21FN2O2. The highest BCUT2D eigenvalue weighted by Gasteiger charge is 2.15. The molecule has 0 saturated heterocycles. The van der Waals surface area contributed by atoms with Gasteiger partial charge in [0, 0.05) is 20.2 Å². The molecule has 0 aliphatic rings. The average molecular weight is 268 g/mol. The summed E-state index contributed by atoms with van der Waals surface area (Å²) in [7, 11) is 1.58. The normalized spacial score (nSPS) is 12.0. The number of amides is 1. The van der Waals surface area contributed by atoms with Crippen LogP contribution >= 0.6 is 0 Å².